The summed E-state index contributed by atoms with van der Waals surface area (Å²) in [6, 6.07) is 8.56. The number of amidine groups is 1. The second-order valence-electron chi connectivity index (χ2n) is 9.71. The number of aldehydes is 1. The lowest BCUT2D eigenvalue weighted by Crippen LogP contribution is -2.30. The van der Waals surface area contributed by atoms with Gasteiger partial charge in [0.05, 0.1) is 22.6 Å². The number of rotatable bonds is 11. The first kappa shape index (κ1) is 27.7. The molecule has 2 aromatic heterocycles. The minimum Gasteiger partial charge on any atom is -0.363 e. The molecule has 1 aliphatic carbocycles. The number of nitrogens with zero attached hydrogens (tertiary/aromatic N) is 6. The minimum absolute atomic E-state index is 0.217. The fourth-order valence-corrected chi connectivity index (χ4v) is 4.91. The first-order chi connectivity index (χ1) is 18.4. The van der Waals surface area contributed by atoms with Crippen molar-refractivity contribution < 1.29 is 4.79 Å². The maximum absolute atomic E-state index is 12.0. The fraction of sp³-hybridized carbons (Fsp3) is 0.448. The molecule has 0 unspecified atom stereocenters. The molecule has 2 heterocycles. The third-order valence-corrected chi connectivity index (χ3v) is 7.83. The van der Waals surface area contributed by atoms with E-state index in [4.69, 9.17) is 15.0 Å². The first-order valence-corrected chi connectivity index (χ1v) is 14.3. The smallest absolute Gasteiger partial charge is 0.185 e. The molecule has 1 saturated carbocycles. The number of aryl methyl sites for hydroxylation is 2. The standard InChI is InChI=1S/C29H37N7OS/c1-7-18(3)36(6)29-26(34-24(16-37)30-15-21-9-13-23(14-10-21)38-8-2)20(5)33-28(35-29)25-19(4)31-17-32-27(25)22-11-12-22/h9-10,13-14,16-18,22H,7-8,11-12,15H2,1-6H3,(H,30,34)/t18-/m0/s1. The Morgan fingerprint density at radius 3 is 2.53 bits per heavy atom. The Hall–Kier alpha value is -3.33. The molecule has 0 bridgehead atoms. The van der Waals surface area contributed by atoms with Crippen LogP contribution in [-0.4, -0.2) is 50.9 Å². The van der Waals surface area contributed by atoms with Gasteiger partial charge in [0.2, 0.25) is 0 Å². The summed E-state index contributed by atoms with van der Waals surface area (Å²) >= 11 is 1.80. The van der Waals surface area contributed by atoms with Gasteiger partial charge < -0.3 is 10.2 Å². The van der Waals surface area contributed by atoms with Crippen LogP contribution in [0.2, 0.25) is 0 Å². The van der Waals surface area contributed by atoms with E-state index in [9.17, 15) is 4.79 Å². The van der Waals surface area contributed by atoms with Crippen LogP contribution in [0.1, 0.15) is 68.6 Å². The maximum atomic E-state index is 12.0. The number of benzene rings is 1. The van der Waals surface area contributed by atoms with E-state index in [0.29, 0.717) is 35.5 Å². The molecule has 200 valence electrons. The molecule has 1 N–H and O–H groups in total. The van der Waals surface area contributed by atoms with Gasteiger partial charge in [0.25, 0.3) is 0 Å². The fourth-order valence-electron chi connectivity index (χ4n) is 4.25. The van der Waals surface area contributed by atoms with Crippen LogP contribution in [0.15, 0.2) is 40.5 Å². The Labute approximate surface area is 229 Å². The summed E-state index contributed by atoms with van der Waals surface area (Å²) in [5, 5.41) is 3.19. The van der Waals surface area contributed by atoms with Gasteiger partial charge in [0.15, 0.2) is 23.8 Å². The van der Waals surface area contributed by atoms with Crippen LogP contribution in [0.4, 0.5) is 11.5 Å². The molecule has 1 fully saturated rings. The summed E-state index contributed by atoms with van der Waals surface area (Å²) in [5.41, 5.74) is 5.16. The molecule has 1 aromatic carbocycles. The van der Waals surface area contributed by atoms with E-state index in [-0.39, 0.29) is 11.9 Å². The highest BCUT2D eigenvalue weighted by atomic mass is 32.2. The lowest BCUT2D eigenvalue weighted by Gasteiger charge is -2.27. The zero-order chi connectivity index (χ0) is 27.2. The third-order valence-electron chi connectivity index (χ3n) is 6.93. The number of carbonyl (C=O) groups is 1. The molecular weight excluding hydrogens is 494 g/mol. The van der Waals surface area contributed by atoms with Gasteiger partial charge in [-0.15, -0.1) is 11.8 Å². The van der Waals surface area contributed by atoms with Gasteiger partial charge in [-0.2, -0.15) is 0 Å². The SMILES string of the molecule is CCSc1ccc(CN/C(C=O)=N/c2c(C)nc(-c3c(C)ncnc3C3CC3)nc2N(C)[C@@H](C)CC)cc1. The topological polar surface area (TPSA) is 96.3 Å². The van der Waals surface area contributed by atoms with Crippen molar-refractivity contribution in [1.29, 1.82) is 0 Å². The van der Waals surface area contributed by atoms with Gasteiger partial charge in [-0.25, -0.2) is 24.9 Å². The molecule has 3 aromatic rings. The van der Waals surface area contributed by atoms with E-state index in [1.165, 1.54) is 4.90 Å². The zero-order valence-corrected chi connectivity index (χ0v) is 24.0. The van der Waals surface area contributed by atoms with Crippen molar-refractivity contribution >= 4 is 35.4 Å². The van der Waals surface area contributed by atoms with E-state index >= 15 is 0 Å². The van der Waals surface area contributed by atoms with Gasteiger partial charge in [-0.05, 0) is 63.5 Å². The molecule has 8 nitrogen and oxygen atoms in total. The summed E-state index contributed by atoms with van der Waals surface area (Å²) in [6.07, 6.45) is 5.56. The van der Waals surface area contributed by atoms with Crippen molar-refractivity contribution in [3.05, 3.63) is 53.2 Å². The third kappa shape index (κ3) is 6.38. The van der Waals surface area contributed by atoms with Crippen LogP contribution < -0.4 is 10.2 Å². The number of hydrogen-bond donors (Lipinski definition) is 1. The van der Waals surface area contributed by atoms with Gasteiger partial charge in [0.1, 0.15) is 12.0 Å². The van der Waals surface area contributed by atoms with Crippen molar-refractivity contribution in [3.63, 3.8) is 0 Å². The summed E-state index contributed by atoms with van der Waals surface area (Å²) in [4.78, 5) is 39.1. The normalized spacial score (nSPS) is 14.3. The summed E-state index contributed by atoms with van der Waals surface area (Å²) in [7, 11) is 2.01. The number of nitrogens with one attached hydrogen (secondary N) is 1. The largest absolute Gasteiger partial charge is 0.363 e. The minimum atomic E-state index is 0.217. The molecule has 0 spiro atoms. The molecular formula is C29H37N7OS. The average Bonchev–Trinajstić information content (AvgIpc) is 3.77. The van der Waals surface area contributed by atoms with E-state index in [2.05, 4.69) is 65.2 Å². The zero-order valence-electron chi connectivity index (χ0n) is 23.2. The second-order valence-corrected chi connectivity index (χ2v) is 11.0. The van der Waals surface area contributed by atoms with Crippen molar-refractivity contribution in [2.24, 2.45) is 4.99 Å². The maximum Gasteiger partial charge on any atom is 0.185 e. The molecule has 1 aliphatic rings. The van der Waals surface area contributed by atoms with Gasteiger partial charge in [0, 0.05) is 30.4 Å². The molecule has 38 heavy (non-hydrogen) atoms. The lowest BCUT2D eigenvalue weighted by molar-refractivity contribution is -0.102. The van der Waals surface area contributed by atoms with E-state index in [1.54, 1.807) is 18.1 Å². The van der Waals surface area contributed by atoms with Crippen molar-refractivity contribution in [1.82, 2.24) is 25.3 Å². The molecule has 0 saturated heterocycles. The summed E-state index contributed by atoms with van der Waals surface area (Å²) in [6.45, 7) is 10.8. The summed E-state index contributed by atoms with van der Waals surface area (Å²) in [5.74, 6) is 3.01. The highest BCUT2D eigenvalue weighted by Crippen LogP contribution is 2.44. The van der Waals surface area contributed by atoms with Gasteiger partial charge in [-0.1, -0.05) is 26.0 Å². The Morgan fingerprint density at radius 1 is 1.16 bits per heavy atom. The molecule has 1 atom stereocenters. The van der Waals surface area contributed by atoms with Gasteiger partial charge in [-0.3, -0.25) is 4.79 Å². The molecule has 4 rings (SSSR count). The first-order valence-electron chi connectivity index (χ1n) is 13.3. The Morgan fingerprint density at radius 2 is 1.89 bits per heavy atom. The van der Waals surface area contributed by atoms with Crippen molar-refractivity contribution in [3.8, 4) is 11.4 Å². The van der Waals surface area contributed by atoms with E-state index in [1.807, 2.05) is 20.9 Å². The van der Waals surface area contributed by atoms with E-state index < -0.39 is 0 Å². The average molecular weight is 532 g/mol. The predicted molar refractivity (Wildman–Crippen MR) is 156 cm³/mol. The van der Waals surface area contributed by atoms with Crippen LogP contribution in [0.3, 0.4) is 0 Å². The van der Waals surface area contributed by atoms with Crippen LogP contribution in [0.5, 0.6) is 0 Å². The van der Waals surface area contributed by atoms with E-state index in [0.717, 1.165) is 53.8 Å². The molecule has 0 amide bonds. The number of thioether (sulfide) groups is 1. The van der Waals surface area contributed by atoms with Crippen LogP contribution in [0.25, 0.3) is 11.4 Å². The second kappa shape index (κ2) is 12.5. The quantitative estimate of drug-likeness (QED) is 0.144. The Balaban J connectivity index is 1.71. The molecule has 9 heteroatoms. The van der Waals surface area contributed by atoms with Crippen molar-refractivity contribution in [2.45, 2.75) is 77.3 Å². The Kier molecular flexibility index (Phi) is 9.09. The number of hydrogen-bond acceptors (Lipinski definition) is 8. The number of anilines is 1. The van der Waals surface area contributed by atoms with Crippen LogP contribution in [-0.2, 0) is 11.3 Å². The molecule has 0 radical (unpaired) electrons. The van der Waals surface area contributed by atoms with Gasteiger partial charge >= 0.3 is 0 Å². The Bertz CT molecular complexity index is 1310. The number of aromatic nitrogens is 4. The predicted octanol–water partition coefficient (Wildman–Crippen LogP) is 5.79. The summed E-state index contributed by atoms with van der Waals surface area (Å²) < 4.78 is 0. The lowest BCUT2D eigenvalue weighted by atomic mass is 10.1. The highest BCUT2D eigenvalue weighted by molar-refractivity contribution is 7.99. The van der Waals surface area contributed by atoms with Crippen LogP contribution in [0, 0.1) is 13.8 Å². The van der Waals surface area contributed by atoms with Crippen LogP contribution >= 0.6 is 11.8 Å². The number of carbonyl (C=O) groups excluding carboxylic acids is 1. The van der Waals surface area contributed by atoms with Crippen molar-refractivity contribution in [2.75, 3.05) is 17.7 Å². The number of aliphatic imine (C=N–C) groups is 1. The molecule has 0 aliphatic heterocycles. The highest BCUT2D eigenvalue weighted by Gasteiger charge is 2.31. The monoisotopic (exact) mass is 531 g/mol.